The predicted octanol–water partition coefficient (Wildman–Crippen LogP) is 4.66. The minimum absolute atomic E-state index is 0.0703. The third-order valence-corrected chi connectivity index (χ3v) is 4.85. The summed E-state index contributed by atoms with van der Waals surface area (Å²) in [4.78, 5) is 13.3. The van der Waals surface area contributed by atoms with Crippen molar-refractivity contribution in [2.24, 2.45) is 0 Å². The van der Waals surface area contributed by atoms with E-state index in [-0.39, 0.29) is 5.91 Å². The SMILES string of the molecule is CCCNC(=O)C1(C/C=C/CCl)c2ccccc2-c2ccccc21. The summed E-state index contributed by atoms with van der Waals surface area (Å²) < 4.78 is 0. The van der Waals surface area contributed by atoms with Crippen molar-refractivity contribution in [3.05, 3.63) is 71.8 Å². The van der Waals surface area contributed by atoms with Crippen LogP contribution in [0.5, 0.6) is 0 Å². The number of benzene rings is 2. The van der Waals surface area contributed by atoms with E-state index in [1.54, 1.807) is 0 Å². The highest BCUT2D eigenvalue weighted by Crippen LogP contribution is 2.51. The van der Waals surface area contributed by atoms with Gasteiger partial charge in [0.25, 0.3) is 0 Å². The Morgan fingerprint density at radius 3 is 2.17 bits per heavy atom. The lowest BCUT2D eigenvalue weighted by atomic mass is 9.74. The second-order valence-electron chi connectivity index (χ2n) is 6.08. The quantitative estimate of drug-likeness (QED) is 0.601. The first kappa shape index (κ1) is 16.8. The van der Waals surface area contributed by atoms with Gasteiger partial charge in [-0.2, -0.15) is 0 Å². The highest BCUT2D eigenvalue weighted by atomic mass is 35.5. The van der Waals surface area contributed by atoms with E-state index >= 15 is 0 Å². The van der Waals surface area contributed by atoms with Crippen molar-refractivity contribution in [1.82, 2.24) is 5.32 Å². The van der Waals surface area contributed by atoms with E-state index in [0.29, 0.717) is 18.8 Å². The van der Waals surface area contributed by atoms with Gasteiger partial charge in [0, 0.05) is 12.4 Å². The van der Waals surface area contributed by atoms with Crippen LogP contribution in [0.1, 0.15) is 30.9 Å². The Labute approximate surface area is 148 Å². The summed E-state index contributed by atoms with van der Waals surface area (Å²) in [6.07, 6.45) is 5.48. The summed E-state index contributed by atoms with van der Waals surface area (Å²) in [5.41, 5.74) is 3.79. The van der Waals surface area contributed by atoms with Crippen molar-refractivity contribution in [3.63, 3.8) is 0 Å². The molecule has 1 aliphatic rings. The van der Waals surface area contributed by atoms with Gasteiger partial charge in [-0.25, -0.2) is 0 Å². The molecule has 1 aliphatic carbocycles. The Kier molecular flexibility index (Phi) is 5.06. The fourth-order valence-corrected chi connectivity index (χ4v) is 3.72. The molecule has 3 rings (SSSR count). The van der Waals surface area contributed by atoms with Crippen molar-refractivity contribution in [2.45, 2.75) is 25.2 Å². The molecule has 0 atom stereocenters. The molecule has 0 heterocycles. The smallest absolute Gasteiger partial charge is 0.235 e. The molecule has 2 nitrogen and oxygen atoms in total. The predicted molar refractivity (Wildman–Crippen MR) is 100 cm³/mol. The van der Waals surface area contributed by atoms with Crippen LogP contribution in [-0.4, -0.2) is 18.3 Å². The highest BCUT2D eigenvalue weighted by Gasteiger charge is 2.47. The summed E-state index contributed by atoms with van der Waals surface area (Å²) in [7, 11) is 0. The molecule has 0 saturated heterocycles. The molecule has 0 spiro atoms. The van der Waals surface area contributed by atoms with Crippen LogP contribution in [-0.2, 0) is 10.2 Å². The minimum atomic E-state index is -0.676. The lowest BCUT2D eigenvalue weighted by Gasteiger charge is -2.29. The molecule has 2 aromatic carbocycles. The van der Waals surface area contributed by atoms with E-state index < -0.39 is 5.41 Å². The second kappa shape index (κ2) is 7.23. The van der Waals surface area contributed by atoms with Crippen molar-refractivity contribution >= 4 is 17.5 Å². The van der Waals surface area contributed by atoms with Gasteiger partial charge >= 0.3 is 0 Å². The van der Waals surface area contributed by atoms with Gasteiger partial charge in [0.1, 0.15) is 5.41 Å². The largest absolute Gasteiger partial charge is 0.355 e. The summed E-state index contributed by atoms with van der Waals surface area (Å²) in [6, 6.07) is 16.5. The summed E-state index contributed by atoms with van der Waals surface area (Å²) in [6.45, 7) is 2.75. The molecular weight excluding hydrogens is 318 g/mol. The van der Waals surface area contributed by atoms with E-state index in [0.717, 1.165) is 28.7 Å². The molecule has 0 fully saturated rings. The Bertz CT molecular complexity index is 720. The van der Waals surface area contributed by atoms with Crippen LogP contribution in [0.15, 0.2) is 60.7 Å². The lowest BCUT2D eigenvalue weighted by Crippen LogP contribution is -2.44. The van der Waals surface area contributed by atoms with Gasteiger partial charge in [-0.3, -0.25) is 4.79 Å². The molecule has 24 heavy (non-hydrogen) atoms. The van der Waals surface area contributed by atoms with E-state index in [4.69, 9.17) is 11.6 Å². The Hall–Kier alpha value is -2.06. The minimum Gasteiger partial charge on any atom is -0.355 e. The van der Waals surface area contributed by atoms with Crippen LogP contribution in [0, 0.1) is 0 Å². The van der Waals surface area contributed by atoms with Crippen molar-refractivity contribution < 1.29 is 4.79 Å². The van der Waals surface area contributed by atoms with Crippen molar-refractivity contribution in [1.29, 1.82) is 0 Å². The number of rotatable bonds is 6. The van der Waals surface area contributed by atoms with Gasteiger partial charge in [0.15, 0.2) is 0 Å². The fraction of sp³-hybridized carbons (Fsp3) is 0.286. The normalized spacial score (nSPS) is 14.4. The zero-order valence-corrected chi connectivity index (χ0v) is 14.6. The molecule has 1 amide bonds. The van der Waals surface area contributed by atoms with Crippen LogP contribution in [0.25, 0.3) is 11.1 Å². The number of carbonyl (C=O) groups excluding carboxylic acids is 1. The molecule has 3 heteroatoms. The number of alkyl halides is 1. The Balaban J connectivity index is 2.19. The van der Waals surface area contributed by atoms with Gasteiger partial charge < -0.3 is 5.32 Å². The summed E-state index contributed by atoms with van der Waals surface area (Å²) >= 11 is 5.81. The molecule has 1 N–H and O–H groups in total. The van der Waals surface area contributed by atoms with Crippen LogP contribution < -0.4 is 5.32 Å². The number of hydrogen-bond donors (Lipinski definition) is 1. The van der Waals surface area contributed by atoms with Crippen LogP contribution >= 0.6 is 11.6 Å². The fourth-order valence-electron chi connectivity index (χ4n) is 3.60. The zero-order chi connectivity index (χ0) is 17.0. The maximum atomic E-state index is 13.3. The average Bonchev–Trinajstić information content (AvgIpc) is 2.92. The third kappa shape index (κ3) is 2.65. The molecule has 124 valence electrons. The average molecular weight is 340 g/mol. The second-order valence-corrected chi connectivity index (χ2v) is 6.39. The molecule has 0 saturated carbocycles. The third-order valence-electron chi connectivity index (χ3n) is 4.67. The number of amides is 1. The number of allylic oxidation sites excluding steroid dienone is 2. The van der Waals surface area contributed by atoms with Crippen LogP contribution in [0.3, 0.4) is 0 Å². The van der Waals surface area contributed by atoms with Crippen molar-refractivity contribution in [3.8, 4) is 11.1 Å². The number of fused-ring (bicyclic) bond motifs is 3. The summed E-state index contributed by atoms with van der Waals surface area (Å²) in [5, 5.41) is 3.12. The Morgan fingerprint density at radius 1 is 1.04 bits per heavy atom. The van der Waals surface area contributed by atoms with E-state index in [9.17, 15) is 4.79 Å². The highest BCUT2D eigenvalue weighted by molar-refractivity contribution is 6.18. The zero-order valence-electron chi connectivity index (χ0n) is 13.9. The number of carbonyl (C=O) groups is 1. The number of nitrogens with one attached hydrogen (secondary N) is 1. The number of halogens is 1. The van der Waals surface area contributed by atoms with E-state index in [1.165, 1.54) is 0 Å². The molecule has 0 unspecified atom stereocenters. The van der Waals surface area contributed by atoms with Gasteiger partial charge in [-0.05, 0) is 35.1 Å². The van der Waals surface area contributed by atoms with Crippen LogP contribution in [0.2, 0.25) is 0 Å². The first-order chi connectivity index (χ1) is 11.8. The lowest BCUT2D eigenvalue weighted by molar-refractivity contribution is -0.125. The Morgan fingerprint density at radius 2 is 1.62 bits per heavy atom. The maximum Gasteiger partial charge on any atom is 0.235 e. The number of hydrogen-bond acceptors (Lipinski definition) is 1. The van der Waals surface area contributed by atoms with Gasteiger partial charge in [-0.15, -0.1) is 11.6 Å². The summed E-state index contributed by atoms with van der Waals surface area (Å²) in [5.74, 6) is 0.525. The van der Waals surface area contributed by atoms with Crippen molar-refractivity contribution in [2.75, 3.05) is 12.4 Å². The van der Waals surface area contributed by atoms with E-state index in [2.05, 4.69) is 36.5 Å². The van der Waals surface area contributed by atoms with Gasteiger partial charge in [0.2, 0.25) is 5.91 Å². The molecule has 2 aromatic rings. The van der Waals surface area contributed by atoms with E-state index in [1.807, 2.05) is 36.4 Å². The van der Waals surface area contributed by atoms with Gasteiger partial charge in [-0.1, -0.05) is 67.6 Å². The molecule has 0 radical (unpaired) electrons. The molecule has 0 aliphatic heterocycles. The standard InChI is InChI=1S/C21H22ClNO/c1-2-15-23-20(24)21(13-7-8-14-22)18-11-5-3-9-16(18)17-10-4-6-12-19(17)21/h3-12H,2,13-15H2,1H3,(H,23,24)/b8-7+. The topological polar surface area (TPSA) is 29.1 Å². The first-order valence-corrected chi connectivity index (χ1v) is 8.97. The van der Waals surface area contributed by atoms with Crippen LogP contribution in [0.4, 0.5) is 0 Å². The van der Waals surface area contributed by atoms with Gasteiger partial charge in [0.05, 0.1) is 0 Å². The molecule has 0 bridgehead atoms. The first-order valence-electron chi connectivity index (χ1n) is 8.44. The maximum absolute atomic E-state index is 13.3. The monoisotopic (exact) mass is 339 g/mol. The molecule has 0 aromatic heterocycles. The molecular formula is C21H22ClNO.